The van der Waals surface area contributed by atoms with Crippen LogP contribution < -0.4 is 0 Å². The number of carbonyl (C=O) groups excluding carboxylic acids is 1. The van der Waals surface area contributed by atoms with Crippen LogP contribution in [0.3, 0.4) is 0 Å². The maximum Gasteiger partial charge on any atom is 0.253 e. The predicted octanol–water partition coefficient (Wildman–Crippen LogP) is 2.87. The van der Waals surface area contributed by atoms with Crippen molar-refractivity contribution in [1.29, 1.82) is 0 Å². The predicted molar refractivity (Wildman–Crippen MR) is 81.6 cm³/mol. The van der Waals surface area contributed by atoms with E-state index in [1.165, 1.54) is 0 Å². The van der Waals surface area contributed by atoms with Gasteiger partial charge in [0.1, 0.15) is 6.33 Å². The molecule has 1 aliphatic rings. The average molecular weight is 277 g/mol. The zero-order valence-electron chi connectivity index (χ0n) is 11.6. The van der Waals surface area contributed by atoms with Crippen molar-refractivity contribution in [2.45, 2.75) is 6.42 Å². The summed E-state index contributed by atoms with van der Waals surface area (Å²) in [5.41, 5.74) is 3.81. The van der Waals surface area contributed by atoms with E-state index in [4.69, 9.17) is 0 Å². The highest BCUT2D eigenvalue weighted by Gasteiger charge is 2.21. The van der Waals surface area contributed by atoms with Crippen molar-refractivity contribution in [3.05, 3.63) is 60.4 Å². The molecule has 2 aromatic carbocycles. The van der Waals surface area contributed by atoms with Gasteiger partial charge < -0.3 is 4.90 Å². The van der Waals surface area contributed by atoms with E-state index in [9.17, 15) is 4.79 Å². The maximum absolute atomic E-state index is 12.1. The van der Waals surface area contributed by atoms with Crippen LogP contribution in [0.5, 0.6) is 0 Å². The third-order valence-corrected chi connectivity index (χ3v) is 3.99. The Bertz CT molecular complexity index is 800. The van der Waals surface area contributed by atoms with Crippen LogP contribution >= 0.6 is 0 Å². The summed E-state index contributed by atoms with van der Waals surface area (Å²) in [6.45, 7) is 1.76. The number of benzene rings is 2. The third-order valence-electron chi connectivity index (χ3n) is 3.99. The Morgan fingerprint density at radius 2 is 1.76 bits per heavy atom. The summed E-state index contributed by atoms with van der Waals surface area (Å²) in [5, 5.41) is 0. The summed E-state index contributed by atoms with van der Waals surface area (Å²) in [6, 6.07) is 15.8. The Balaban J connectivity index is 1.68. The molecule has 0 aliphatic carbocycles. The molecule has 1 saturated heterocycles. The highest BCUT2D eigenvalue weighted by atomic mass is 16.2. The van der Waals surface area contributed by atoms with Crippen LogP contribution in [0, 0.1) is 0 Å². The fourth-order valence-corrected chi connectivity index (χ4v) is 2.63. The smallest absolute Gasteiger partial charge is 0.253 e. The summed E-state index contributed by atoms with van der Waals surface area (Å²) in [6.07, 6.45) is 2.93. The number of nitrogens with zero attached hydrogens (tertiary/aromatic N) is 3. The normalized spacial score (nSPS) is 14.2. The molecule has 1 fully saturated rings. The van der Waals surface area contributed by atoms with E-state index in [1.54, 1.807) is 0 Å². The van der Waals surface area contributed by atoms with E-state index < -0.39 is 0 Å². The summed E-state index contributed by atoms with van der Waals surface area (Å²) < 4.78 is 2.03. The first-order valence-electron chi connectivity index (χ1n) is 7.15. The molecule has 21 heavy (non-hydrogen) atoms. The zero-order valence-corrected chi connectivity index (χ0v) is 11.6. The van der Waals surface area contributed by atoms with Gasteiger partial charge in [0.25, 0.3) is 5.91 Å². The Morgan fingerprint density at radius 3 is 2.48 bits per heavy atom. The lowest BCUT2D eigenvalue weighted by molar-refractivity contribution is 0.0652. The van der Waals surface area contributed by atoms with Gasteiger partial charge in [0.15, 0.2) is 0 Å². The van der Waals surface area contributed by atoms with E-state index in [0.29, 0.717) is 0 Å². The maximum atomic E-state index is 12.1. The van der Waals surface area contributed by atoms with E-state index >= 15 is 0 Å². The molecule has 0 N–H and O–H groups in total. The topological polar surface area (TPSA) is 38.1 Å². The number of rotatable bonds is 2. The van der Waals surface area contributed by atoms with Gasteiger partial charge in [-0.1, -0.05) is 12.1 Å². The van der Waals surface area contributed by atoms with Crippen molar-refractivity contribution >= 4 is 16.9 Å². The standard InChI is InChI=1S/C17H15N3O/c21-17(19-10-3-11-19)13-6-8-14(9-7-13)20-12-18-15-4-1-2-5-16(15)20/h1-2,4-9,12H,3,10-11H2. The molecule has 0 unspecified atom stereocenters. The fourth-order valence-electron chi connectivity index (χ4n) is 2.63. The number of aromatic nitrogens is 2. The van der Waals surface area contributed by atoms with Gasteiger partial charge in [-0.3, -0.25) is 9.36 Å². The Morgan fingerprint density at radius 1 is 1.00 bits per heavy atom. The highest BCUT2D eigenvalue weighted by molar-refractivity contribution is 5.94. The van der Waals surface area contributed by atoms with Crippen LogP contribution in [0.4, 0.5) is 0 Å². The molecular weight excluding hydrogens is 262 g/mol. The molecule has 4 nitrogen and oxygen atoms in total. The number of hydrogen-bond acceptors (Lipinski definition) is 2. The molecule has 1 aliphatic heterocycles. The quantitative estimate of drug-likeness (QED) is 0.722. The molecule has 0 atom stereocenters. The van der Waals surface area contributed by atoms with Gasteiger partial charge in [0, 0.05) is 24.3 Å². The summed E-state index contributed by atoms with van der Waals surface area (Å²) in [7, 11) is 0. The first kappa shape index (κ1) is 12.1. The lowest BCUT2D eigenvalue weighted by Crippen LogP contribution is -2.41. The molecule has 2 heterocycles. The molecule has 0 spiro atoms. The first-order valence-corrected chi connectivity index (χ1v) is 7.15. The van der Waals surface area contributed by atoms with Gasteiger partial charge in [0.05, 0.1) is 11.0 Å². The zero-order chi connectivity index (χ0) is 14.2. The molecule has 0 radical (unpaired) electrons. The number of imidazole rings is 1. The van der Waals surface area contributed by atoms with E-state index in [0.717, 1.165) is 41.8 Å². The largest absolute Gasteiger partial charge is 0.339 e. The Labute approximate surface area is 122 Å². The van der Waals surface area contributed by atoms with Crippen molar-refractivity contribution in [3.63, 3.8) is 0 Å². The van der Waals surface area contributed by atoms with Gasteiger partial charge in [-0.25, -0.2) is 4.98 Å². The Kier molecular flexibility index (Phi) is 2.74. The van der Waals surface area contributed by atoms with Crippen molar-refractivity contribution in [3.8, 4) is 5.69 Å². The number of fused-ring (bicyclic) bond motifs is 1. The SMILES string of the molecule is O=C(c1ccc(-n2cnc3ccccc32)cc1)N1CCC1. The van der Waals surface area contributed by atoms with Gasteiger partial charge in [0.2, 0.25) is 0 Å². The molecule has 4 rings (SSSR count). The lowest BCUT2D eigenvalue weighted by atomic mass is 10.1. The van der Waals surface area contributed by atoms with E-state index in [2.05, 4.69) is 4.98 Å². The molecule has 1 aromatic heterocycles. The molecular formula is C17H15N3O. The van der Waals surface area contributed by atoms with Crippen LogP contribution in [0.25, 0.3) is 16.7 Å². The van der Waals surface area contributed by atoms with Gasteiger partial charge in [-0.15, -0.1) is 0 Å². The van der Waals surface area contributed by atoms with Crippen LogP contribution in [0.15, 0.2) is 54.9 Å². The van der Waals surface area contributed by atoms with Crippen molar-refractivity contribution < 1.29 is 4.79 Å². The van der Waals surface area contributed by atoms with Gasteiger partial charge in [-0.05, 0) is 42.8 Å². The molecule has 4 heteroatoms. The Hall–Kier alpha value is -2.62. The number of carbonyl (C=O) groups is 1. The van der Waals surface area contributed by atoms with Crippen LogP contribution in [0.2, 0.25) is 0 Å². The summed E-state index contributed by atoms with van der Waals surface area (Å²) >= 11 is 0. The molecule has 104 valence electrons. The second-order valence-corrected chi connectivity index (χ2v) is 5.30. The highest BCUT2D eigenvalue weighted by Crippen LogP contribution is 2.19. The fraction of sp³-hybridized carbons (Fsp3) is 0.176. The van der Waals surface area contributed by atoms with E-state index in [1.807, 2.05) is 64.3 Å². The van der Waals surface area contributed by atoms with Gasteiger partial charge >= 0.3 is 0 Å². The van der Waals surface area contributed by atoms with Gasteiger partial charge in [-0.2, -0.15) is 0 Å². The average Bonchev–Trinajstić information content (AvgIpc) is 2.89. The summed E-state index contributed by atoms with van der Waals surface area (Å²) in [4.78, 5) is 18.4. The van der Waals surface area contributed by atoms with E-state index in [-0.39, 0.29) is 5.91 Å². The molecule has 1 amide bonds. The number of para-hydroxylation sites is 2. The lowest BCUT2D eigenvalue weighted by Gasteiger charge is -2.30. The number of amides is 1. The van der Waals surface area contributed by atoms with Crippen LogP contribution in [0.1, 0.15) is 16.8 Å². The minimum Gasteiger partial charge on any atom is -0.339 e. The molecule has 0 bridgehead atoms. The number of likely N-dealkylation sites (tertiary alicyclic amines) is 1. The second kappa shape index (κ2) is 4.74. The van der Waals surface area contributed by atoms with Crippen LogP contribution in [-0.4, -0.2) is 33.4 Å². The van der Waals surface area contributed by atoms with Crippen LogP contribution in [-0.2, 0) is 0 Å². The van der Waals surface area contributed by atoms with Crippen molar-refractivity contribution in [2.24, 2.45) is 0 Å². The molecule has 0 saturated carbocycles. The monoisotopic (exact) mass is 277 g/mol. The minimum atomic E-state index is 0.128. The number of hydrogen-bond donors (Lipinski definition) is 0. The minimum absolute atomic E-state index is 0.128. The summed E-state index contributed by atoms with van der Waals surface area (Å²) in [5.74, 6) is 0.128. The second-order valence-electron chi connectivity index (χ2n) is 5.30. The third kappa shape index (κ3) is 2.00. The first-order chi connectivity index (χ1) is 10.3. The van der Waals surface area contributed by atoms with Crippen molar-refractivity contribution in [2.75, 3.05) is 13.1 Å². The molecule has 3 aromatic rings. The van der Waals surface area contributed by atoms with Crippen molar-refractivity contribution in [1.82, 2.24) is 14.5 Å².